The number of aliphatic carboxylic acids is 1. The second kappa shape index (κ2) is 8.95. The number of benzene rings is 1. The first-order valence-corrected chi connectivity index (χ1v) is 10.4. The van der Waals surface area contributed by atoms with Crippen LogP contribution in [0.5, 0.6) is 0 Å². The zero-order chi connectivity index (χ0) is 19.4. The minimum atomic E-state index is -0.852. The molecule has 27 heavy (non-hydrogen) atoms. The molecule has 2 heterocycles. The maximum atomic E-state index is 12.0. The third-order valence-corrected chi connectivity index (χ3v) is 5.94. The molecular weight excluding hydrogens is 360 g/mol. The lowest BCUT2D eigenvalue weighted by Crippen LogP contribution is -2.52. The highest BCUT2D eigenvalue weighted by Crippen LogP contribution is 2.37. The Kier molecular flexibility index (Phi) is 6.63. The van der Waals surface area contributed by atoms with Gasteiger partial charge in [-0.2, -0.15) is 0 Å². The molecule has 0 spiro atoms. The first kappa shape index (κ1) is 20.0. The van der Waals surface area contributed by atoms with Crippen LogP contribution in [0.1, 0.15) is 25.0 Å². The summed E-state index contributed by atoms with van der Waals surface area (Å²) >= 11 is 1.62. The predicted octanol–water partition coefficient (Wildman–Crippen LogP) is 3.46. The van der Waals surface area contributed by atoms with E-state index in [0.29, 0.717) is 25.3 Å². The monoisotopic (exact) mass is 388 g/mol. The van der Waals surface area contributed by atoms with E-state index in [-0.39, 0.29) is 6.17 Å². The number of rotatable bonds is 6. The number of nitrogens with zero attached hydrogens (tertiary/aromatic N) is 2. The quantitative estimate of drug-likeness (QED) is 0.805. The van der Waals surface area contributed by atoms with Crippen molar-refractivity contribution < 1.29 is 14.6 Å². The molecule has 6 heteroatoms. The Hall–Kier alpha value is -1.76. The first-order chi connectivity index (χ1) is 13.0. The molecule has 1 fully saturated rings. The fourth-order valence-electron chi connectivity index (χ4n) is 3.70. The zero-order valence-electron chi connectivity index (χ0n) is 16.3. The molecule has 1 saturated heterocycles. The van der Waals surface area contributed by atoms with Crippen LogP contribution in [0.15, 0.2) is 46.5 Å². The van der Waals surface area contributed by atoms with Gasteiger partial charge in [0.15, 0.2) is 0 Å². The van der Waals surface area contributed by atoms with E-state index in [9.17, 15) is 9.90 Å². The number of hydrogen-bond donors (Lipinski definition) is 1. The van der Waals surface area contributed by atoms with Crippen molar-refractivity contribution in [1.29, 1.82) is 0 Å². The predicted molar refractivity (Wildman–Crippen MR) is 109 cm³/mol. The van der Waals surface area contributed by atoms with Crippen LogP contribution in [0, 0.1) is 6.92 Å². The lowest BCUT2D eigenvalue weighted by Gasteiger charge is -2.44. The van der Waals surface area contributed by atoms with Gasteiger partial charge in [-0.3, -0.25) is 4.90 Å². The molecule has 2 aliphatic rings. The smallest absolute Gasteiger partial charge is 0.338 e. The van der Waals surface area contributed by atoms with Crippen LogP contribution in [0.2, 0.25) is 0 Å². The summed E-state index contributed by atoms with van der Waals surface area (Å²) < 4.78 is 5.53. The van der Waals surface area contributed by atoms with Crippen molar-refractivity contribution in [3.63, 3.8) is 0 Å². The van der Waals surface area contributed by atoms with Gasteiger partial charge < -0.3 is 14.7 Å². The van der Waals surface area contributed by atoms with E-state index in [0.717, 1.165) is 29.4 Å². The van der Waals surface area contributed by atoms with E-state index in [4.69, 9.17) is 4.74 Å². The molecule has 0 radical (unpaired) electrons. The van der Waals surface area contributed by atoms with Crippen molar-refractivity contribution in [3.05, 3.63) is 57.6 Å². The van der Waals surface area contributed by atoms with Gasteiger partial charge in [0.1, 0.15) is 6.17 Å². The van der Waals surface area contributed by atoms with E-state index in [1.807, 2.05) is 6.92 Å². The van der Waals surface area contributed by atoms with E-state index < -0.39 is 5.97 Å². The van der Waals surface area contributed by atoms with E-state index in [1.54, 1.807) is 11.8 Å². The molecule has 146 valence electrons. The van der Waals surface area contributed by atoms with Crippen LogP contribution in [-0.2, 0) is 16.1 Å². The molecule has 1 unspecified atom stereocenters. The molecule has 0 aromatic heterocycles. The fraction of sp³-hybridized carbons (Fsp3) is 0.476. The first-order valence-electron chi connectivity index (χ1n) is 9.44. The fourth-order valence-corrected chi connectivity index (χ4v) is 4.70. The van der Waals surface area contributed by atoms with Crippen LogP contribution in [0.25, 0.3) is 0 Å². The summed E-state index contributed by atoms with van der Waals surface area (Å²) in [6, 6.07) is 8.44. The van der Waals surface area contributed by atoms with E-state index in [2.05, 4.69) is 54.0 Å². The van der Waals surface area contributed by atoms with Gasteiger partial charge in [0.05, 0.1) is 23.8 Å². The highest BCUT2D eigenvalue weighted by Gasteiger charge is 2.34. The van der Waals surface area contributed by atoms with Gasteiger partial charge in [0, 0.05) is 19.6 Å². The third-order valence-electron chi connectivity index (χ3n) is 4.94. The number of carboxylic acid groups (broad SMARTS) is 1. The molecule has 0 amide bonds. The second-order valence-electron chi connectivity index (χ2n) is 6.95. The molecule has 1 N–H and O–H groups in total. The minimum absolute atomic E-state index is 0.0477. The van der Waals surface area contributed by atoms with Crippen LogP contribution in [-0.4, -0.2) is 59.1 Å². The van der Waals surface area contributed by atoms with Gasteiger partial charge in [0.2, 0.25) is 0 Å². The number of hydrogen-bond acceptors (Lipinski definition) is 5. The van der Waals surface area contributed by atoms with E-state index >= 15 is 0 Å². The molecule has 0 saturated carbocycles. The van der Waals surface area contributed by atoms with Gasteiger partial charge in [-0.25, -0.2) is 4.79 Å². The number of ether oxygens (including phenoxy) is 1. The Morgan fingerprint density at radius 3 is 2.67 bits per heavy atom. The topological polar surface area (TPSA) is 53.0 Å². The molecule has 0 aliphatic carbocycles. The number of carboxylic acids is 1. The number of morpholine rings is 1. The average molecular weight is 389 g/mol. The second-order valence-corrected chi connectivity index (χ2v) is 8.20. The molecule has 1 atom stereocenters. The SMILES string of the molecule is CCSC1=C(C(=O)O)C(C)=CC(N2CCOCC2)N1Cc1cccc(C)c1. The van der Waals surface area contributed by atoms with Gasteiger partial charge >= 0.3 is 5.97 Å². The molecule has 0 bridgehead atoms. The zero-order valence-corrected chi connectivity index (χ0v) is 17.1. The summed E-state index contributed by atoms with van der Waals surface area (Å²) in [5, 5.41) is 10.7. The van der Waals surface area contributed by atoms with Gasteiger partial charge in [-0.05, 0) is 36.8 Å². The summed E-state index contributed by atoms with van der Waals surface area (Å²) in [7, 11) is 0. The highest BCUT2D eigenvalue weighted by atomic mass is 32.2. The third kappa shape index (κ3) is 4.57. The largest absolute Gasteiger partial charge is 0.478 e. The summed E-state index contributed by atoms with van der Waals surface area (Å²) in [4.78, 5) is 16.7. The van der Waals surface area contributed by atoms with Gasteiger partial charge in [0.25, 0.3) is 0 Å². The molecule has 2 aliphatic heterocycles. The van der Waals surface area contributed by atoms with Crippen LogP contribution in [0.3, 0.4) is 0 Å². The number of aryl methyl sites for hydroxylation is 1. The van der Waals surface area contributed by atoms with Crippen molar-refractivity contribution in [2.24, 2.45) is 0 Å². The number of carbonyl (C=O) groups is 1. The summed E-state index contributed by atoms with van der Waals surface area (Å²) in [5.41, 5.74) is 3.68. The highest BCUT2D eigenvalue weighted by molar-refractivity contribution is 8.03. The Morgan fingerprint density at radius 2 is 2.04 bits per heavy atom. The number of thioether (sulfide) groups is 1. The minimum Gasteiger partial charge on any atom is -0.478 e. The van der Waals surface area contributed by atoms with Crippen LogP contribution in [0.4, 0.5) is 0 Å². The molecular formula is C21H28N2O3S. The Morgan fingerprint density at radius 1 is 1.30 bits per heavy atom. The van der Waals surface area contributed by atoms with Crippen LogP contribution < -0.4 is 0 Å². The van der Waals surface area contributed by atoms with Crippen molar-refractivity contribution in [2.45, 2.75) is 33.5 Å². The summed E-state index contributed by atoms with van der Waals surface area (Å²) in [5.74, 6) is -0.0196. The average Bonchev–Trinajstić information content (AvgIpc) is 2.64. The van der Waals surface area contributed by atoms with Crippen molar-refractivity contribution in [2.75, 3.05) is 32.1 Å². The Balaban J connectivity index is 2.02. The van der Waals surface area contributed by atoms with Crippen molar-refractivity contribution in [1.82, 2.24) is 9.80 Å². The summed E-state index contributed by atoms with van der Waals surface area (Å²) in [6.07, 6.45) is 2.15. The molecule has 1 aromatic rings. The summed E-state index contributed by atoms with van der Waals surface area (Å²) in [6.45, 7) is 9.89. The maximum Gasteiger partial charge on any atom is 0.338 e. The van der Waals surface area contributed by atoms with E-state index in [1.165, 1.54) is 11.1 Å². The molecule has 3 rings (SSSR count). The van der Waals surface area contributed by atoms with Crippen LogP contribution >= 0.6 is 11.8 Å². The Labute approximate surface area is 165 Å². The lowest BCUT2D eigenvalue weighted by molar-refractivity contribution is -0.132. The van der Waals surface area contributed by atoms with Crippen molar-refractivity contribution in [3.8, 4) is 0 Å². The molecule has 1 aromatic carbocycles. The lowest BCUT2D eigenvalue weighted by atomic mass is 10.0. The van der Waals surface area contributed by atoms with Gasteiger partial charge in [-0.1, -0.05) is 36.8 Å². The maximum absolute atomic E-state index is 12.0. The normalized spacial score (nSPS) is 21.4. The standard InChI is InChI=1S/C21H28N2O3S/c1-4-27-20-19(21(24)25)16(3)13-18(22-8-10-26-11-9-22)23(20)14-17-7-5-6-15(2)12-17/h5-7,12-13,18H,4,8-11,14H2,1-3H3,(H,24,25). The van der Waals surface area contributed by atoms with Crippen molar-refractivity contribution >= 4 is 17.7 Å². The van der Waals surface area contributed by atoms with Gasteiger partial charge in [-0.15, -0.1) is 11.8 Å². The Bertz CT molecular complexity index is 754. The molecule has 5 nitrogen and oxygen atoms in total.